The van der Waals surface area contributed by atoms with Crippen LogP contribution in [-0.2, 0) is 4.74 Å². The maximum Gasteiger partial charge on any atom is 0.406 e. The molecule has 0 radical (unpaired) electrons. The van der Waals surface area contributed by atoms with E-state index < -0.39 is 0 Å². The lowest BCUT2D eigenvalue weighted by atomic mass is 10.4. The van der Waals surface area contributed by atoms with E-state index in [4.69, 9.17) is 4.74 Å². The zero-order valence-electron chi connectivity index (χ0n) is 7.31. The molecule has 4 heteroatoms. The molecular formula is C7H16N2O2. The van der Waals surface area contributed by atoms with Crippen molar-refractivity contribution in [2.45, 2.75) is 19.9 Å². The van der Waals surface area contributed by atoms with Gasteiger partial charge >= 0.3 is 6.09 Å². The molecule has 0 aliphatic carbocycles. The molecule has 1 atom stereocenters. The molecule has 1 amide bonds. The van der Waals surface area contributed by atoms with Crippen LogP contribution in [0, 0.1) is 0 Å². The van der Waals surface area contributed by atoms with Crippen LogP contribution in [-0.4, -0.2) is 32.3 Å². The highest BCUT2D eigenvalue weighted by Gasteiger charge is 2.02. The lowest BCUT2D eigenvalue weighted by Crippen LogP contribution is -2.33. The lowest BCUT2D eigenvalue weighted by molar-refractivity contribution is 0.138. The maximum atomic E-state index is 10.6. The predicted octanol–water partition coefficient (Wildman–Crippen LogP) is 0.340. The second kappa shape index (κ2) is 5.97. The van der Waals surface area contributed by atoms with Gasteiger partial charge in [-0.25, -0.2) is 4.79 Å². The molecule has 4 nitrogen and oxygen atoms in total. The molecule has 11 heavy (non-hydrogen) atoms. The third-order valence-electron chi connectivity index (χ3n) is 1.22. The predicted molar refractivity (Wildman–Crippen MR) is 43.5 cm³/mol. The fraction of sp³-hybridized carbons (Fsp3) is 0.857. The first-order chi connectivity index (χ1) is 5.20. The summed E-state index contributed by atoms with van der Waals surface area (Å²) in [6, 6.07) is 0.220. The fourth-order valence-electron chi connectivity index (χ4n) is 0.680. The van der Waals surface area contributed by atoms with Gasteiger partial charge in [-0.05, 0) is 13.5 Å². The molecule has 0 saturated heterocycles. The molecular weight excluding hydrogens is 144 g/mol. The zero-order valence-corrected chi connectivity index (χ0v) is 7.31. The summed E-state index contributed by atoms with van der Waals surface area (Å²) < 4.78 is 4.79. The molecule has 0 rings (SSSR count). The Morgan fingerprint density at radius 3 is 2.73 bits per heavy atom. The summed E-state index contributed by atoms with van der Waals surface area (Å²) in [5, 5.41) is 5.49. The Labute approximate surface area is 67.3 Å². The van der Waals surface area contributed by atoms with Gasteiger partial charge in [0, 0.05) is 13.1 Å². The van der Waals surface area contributed by atoms with E-state index in [1.807, 2.05) is 13.8 Å². The van der Waals surface area contributed by atoms with Crippen molar-refractivity contribution in [2.24, 2.45) is 0 Å². The third kappa shape index (κ3) is 5.66. The summed E-state index contributed by atoms with van der Waals surface area (Å²) in [6.45, 7) is 5.27. The summed E-state index contributed by atoms with van der Waals surface area (Å²) in [5.41, 5.74) is 0. The minimum absolute atomic E-state index is 0.220. The van der Waals surface area contributed by atoms with Crippen molar-refractivity contribution in [1.29, 1.82) is 0 Å². The Hall–Kier alpha value is -0.770. The van der Waals surface area contributed by atoms with Gasteiger partial charge in [0.05, 0.1) is 0 Å². The van der Waals surface area contributed by atoms with E-state index in [0.29, 0.717) is 6.61 Å². The number of carbonyl (C=O) groups is 1. The van der Waals surface area contributed by atoms with Crippen LogP contribution in [0.3, 0.4) is 0 Å². The first-order valence-corrected chi connectivity index (χ1v) is 3.78. The summed E-state index contributed by atoms with van der Waals surface area (Å²) in [6.07, 6.45) is -0.380. The molecule has 0 aromatic rings. The average Bonchev–Trinajstić information content (AvgIpc) is 2.01. The number of nitrogens with one attached hydrogen (secondary N) is 2. The minimum atomic E-state index is -0.380. The minimum Gasteiger partial charge on any atom is -0.448 e. The largest absolute Gasteiger partial charge is 0.448 e. The van der Waals surface area contributed by atoms with Gasteiger partial charge in [0.25, 0.3) is 0 Å². The highest BCUT2D eigenvalue weighted by Crippen LogP contribution is 1.83. The Balaban J connectivity index is 3.29. The summed E-state index contributed by atoms with van der Waals surface area (Å²) in [7, 11) is 1.54. The Morgan fingerprint density at radius 1 is 1.64 bits per heavy atom. The molecule has 0 aromatic heterocycles. The molecule has 0 heterocycles. The summed E-state index contributed by atoms with van der Waals surface area (Å²) in [5.74, 6) is 0. The number of amides is 1. The van der Waals surface area contributed by atoms with Gasteiger partial charge in [0.2, 0.25) is 0 Å². The molecule has 0 saturated carbocycles. The van der Waals surface area contributed by atoms with Crippen molar-refractivity contribution in [3.63, 3.8) is 0 Å². The van der Waals surface area contributed by atoms with Crippen LogP contribution < -0.4 is 10.6 Å². The van der Waals surface area contributed by atoms with Crippen LogP contribution in [0.25, 0.3) is 0 Å². The van der Waals surface area contributed by atoms with Crippen LogP contribution in [0.1, 0.15) is 13.8 Å². The number of hydrogen-bond acceptors (Lipinski definition) is 3. The fourth-order valence-corrected chi connectivity index (χ4v) is 0.680. The smallest absolute Gasteiger partial charge is 0.406 e. The van der Waals surface area contributed by atoms with E-state index in [-0.39, 0.29) is 12.1 Å². The quantitative estimate of drug-likeness (QED) is 0.623. The highest BCUT2D eigenvalue weighted by molar-refractivity contribution is 5.66. The van der Waals surface area contributed by atoms with Crippen LogP contribution in [0.2, 0.25) is 0 Å². The first kappa shape index (κ1) is 10.2. The molecule has 2 N–H and O–H groups in total. The van der Waals surface area contributed by atoms with Crippen LogP contribution in [0.4, 0.5) is 4.79 Å². The van der Waals surface area contributed by atoms with Crippen molar-refractivity contribution in [2.75, 3.05) is 20.2 Å². The molecule has 66 valence electrons. The average molecular weight is 160 g/mol. The molecule has 0 fully saturated rings. The van der Waals surface area contributed by atoms with E-state index >= 15 is 0 Å². The van der Waals surface area contributed by atoms with Gasteiger partial charge in [-0.2, -0.15) is 0 Å². The SMILES string of the molecule is CCNC(C)COC(=O)NC. The topological polar surface area (TPSA) is 50.4 Å². The summed E-state index contributed by atoms with van der Waals surface area (Å²) in [4.78, 5) is 10.6. The van der Waals surface area contributed by atoms with E-state index in [2.05, 4.69) is 10.6 Å². The van der Waals surface area contributed by atoms with E-state index in [0.717, 1.165) is 6.54 Å². The van der Waals surface area contributed by atoms with Gasteiger partial charge in [0.1, 0.15) is 6.61 Å². The van der Waals surface area contributed by atoms with Crippen LogP contribution in [0.5, 0.6) is 0 Å². The molecule has 0 spiro atoms. The van der Waals surface area contributed by atoms with E-state index in [9.17, 15) is 4.79 Å². The maximum absolute atomic E-state index is 10.6. The van der Waals surface area contributed by atoms with Crippen molar-refractivity contribution >= 4 is 6.09 Å². The molecule has 0 bridgehead atoms. The van der Waals surface area contributed by atoms with Crippen molar-refractivity contribution in [1.82, 2.24) is 10.6 Å². The number of carbonyl (C=O) groups excluding carboxylic acids is 1. The van der Waals surface area contributed by atoms with E-state index in [1.165, 1.54) is 0 Å². The number of alkyl carbamates (subject to hydrolysis) is 1. The number of ether oxygens (including phenoxy) is 1. The summed E-state index contributed by atoms with van der Waals surface area (Å²) >= 11 is 0. The Kier molecular flexibility index (Phi) is 5.56. The Bertz CT molecular complexity index is 117. The van der Waals surface area contributed by atoms with Gasteiger partial charge in [-0.3, -0.25) is 0 Å². The highest BCUT2D eigenvalue weighted by atomic mass is 16.5. The van der Waals surface area contributed by atoms with Crippen LogP contribution in [0.15, 0.2) is 0 Å². The third-order valence-corrected chi connectivity index (χ3v) is 1.22. The van der Waals surface area contributed by atoms with E-state index in [1.54, 1.807) is 7.05 Å². The molecule has 0 aliphatic heterocycles. The normalized spacial score (nSPS) is 12.3. The standard InChI is InChI=1S/C7H16N2O2/c1-4-9-6(2)5-11-7(10)8-3/h6,9H,4-5H2,1-3H3,(H,8,10). The number of rotatable bonds is 4. The Morgan fingerprint density at radius 2 is 2.27 bits per heavy atom. The molecule has 1 unspecified atom stereocenters. The monoisotopic (exact) mass is 160 g/mol. The lowest BCUT2D eigenvalue weighted by Gasteiger charge is -2.11. The number of hydrogen-bond donors (Lipinski definition) is 2. The zero-order chi connectivity index (χ0) is 8.69. The van der Waals surface area contributed by atoms with Crippen LogP contribution >= 0.6 is 0 Å². The molecule has 0 aliphatic rings. The second-order valence-corrected chi connectivity index (χ2v) is 2.31. The van der Waals surface area contributed by atoms with Gasteiger partial charge in [-0.1, -0.05) is 6.92 Å². The second-order valence-electron chi connectivity index (χ2n) is 2.31. The van der Waals surface area contributed by atoms with Crippen molar-refractivity contribution < 1.29 is 9.53 Å². The van der Waals surface area contributed by atoms with Gasteiger partial charge in [0.15, 0.2) is 0 Å². The van der Waals surface area contributed by atoms with Crippen molar-refractivity contribution in [3.8, 4) is 0 Å². The van der Waals surface area contributed by atoms with Crippen molar-refractivity contribution in [3.05, 3.63) is 0 Å². The van der Waals surface area contributed by atoms with Gasteiger partial charge < -0.3 is 15.4 Å². The number of likely N-dealkylation sites (N-methyl/N-ethyl adjacent to an activating group) is 1. The first-order valence-electron chi connectivity index (χ1n) is 3.78. The van der Waals surface area contributed by atoms with Gasteiger partial charge in [-0.15, -0.1) is 0 Å². The molecule has 0 aromatic carbocycles.